The molecule has 9 heteroatoms. The quantitative estimate of drug-likeness (QED) is 0.0195. The van der Waals surface area contributed by atoms with E-state index in [0.29, 0.717) is 17.4 Å². The van der Waals surface area contributed by atoms with Crippen molar-refractivity contribution in [3.05, 3.63) is 60.8 Å². The fourth-order valence-corrected chi connectivity index (χ4v) is 10.6. The Morgan fingerprint density at radius 1 is 0.369 bits per heavy atom. The lowest BCUT2D eigenvalue weighted by Crippen LogP contribution is -2.44. The first-order valence-electron chi connectivity index (χ1n) is 35.9. The number of quaternary nitrogens is 1. The molecule has 0 aliphatic carbocycles. The number of carboxylic acid groups (broad SMARTS) is 1. The van der Waals surface area contributed by atoms with Gasteiger partial charge < -0.3 is 33.3 Å². The standard InChI is InChI=1S/C75H137NO8/c1-6-8-10-12-14-16-18-20-22-24-26-27-28-29-30-31-32-33-34-35-36-37-38-39-40-41-42-43-44-45-46-48-49-51-53-55-57-59-61-63-65-72(77)82-69-71(70-83-75(74(79)80)81-68-67-76(3,4)5)84-73(78)66-64-62-60-58-56-54-52-50-47-25-23-21-19-17-15-13-11-9-7-2/h9,11,15,17,21,23,47,50,54,56,71,75H,6-8,10,12-14,16,18-20,22,24-46,48-49,51-53,55,57-70H2,1-5H3/b11-9-,17-15-,23-21-,50-47-,56-54-. The predicted molar refractivity (Wildman–Crippen MR) is 357 cm³/mol. The normalized spacial score (nSPS) is 13.0. The number of rotatable bonds is 67. The topological polar surface area (TPSA) is 111 Å². The summed E-state index contributed by atoms with van der Waals surface area (Å²) in [5.41, 5.74) is 0. The number of carbonyl (C=O) groups excluding carboxylic acids is 3. The fraction of sp³-hybridized carbons (Fsp3) is 0.827. The van der Waals surface area contributed by atoms with Crippen LogP contribution in [-0.4, -0.2) is 82.3 Å². The van der Waals surface area contributed by atoms with E-state index < -0.39 is 24.3 Å². The average molecular weight is 1180 g/mol. The van der Waals surface area contributed by atoms with Gasteiger partial charge in [-0.15, -0.1) is 0 Å². The van der Waals surface area contributed by atoms with Crippen molar-refractivity contribution < 1.29 is 42.9 Å². The van der Waals surface area contributed by atoms with Gasteiger partial charge in [0, 0.05) is 12.8 Å². The molecule has 9 nitrogen and oxygen atoms in total. The Bertz CT molecular complexity index is 1560. The second-order valence-corrected chi connectivity index (χ2v) is 25.5. The third kappa shape index (κ3) is 66.5. The van der Waals surface area contributed by atoms with Crippen molar-refractivity contribution in [3.63, 3.8) is 0 Å². The number of unbranched alkanes of at least 4 members (excludes halogenated alkanes) is 42. The van der Waals surface area contributed by atoms with E-state index in [1.54, 1.807) is 0 Å². The van der Waals surface area contributed by atoms with E-state index >= 15 is 0 Å². The van der Waals surface area contributed by atoms with Crippen LogP contribution < -0.4 is 5.11 Å². The van der Waals surface area contributed by atoms with Crippen LogP contribution in [-0.2, 0) is 33.3 Å². The molecule has 0 aliphatic rings. The number of hydrogen-bond donors (Lipinski definition) is 0. The van der Waals surface area contributed by atoms with Crippen LogP contribution in [0, 0.1) is 0 Å². The highest BCUT2D eigenvalue weighted by atomic mass is 16.7. The molecule has 0 fully saturated rings. The summed E-state index contributed by atoms with van der Waals surface area (Å²) < 4.78 is 22.7. The Morgan fingerprint density at radius 3 is 1.01 bits per heavy atom. The zero-order valence-electron chi connectivity index (χ0n) is 56.0. The first-order chi connectivity index (χ1) is 41.1. The third-order valence-corrected chi connectivity index (χ3v) is 16.0. The van der Waals surface area contributed by atoms with E-state index in [4.69, 9.17) is 18.9 Å². The number of carbonyl (C=O) groups is 3. The molecule has 0 saturated heterocycles. The second-order valence-electron chi connectivity index (χ2n) is 25.5. The molecule has 0 aromatic heterocycles. The lowest BCUT2D eigenvalue weighted by Gasteiger charge is -2.26. The van der Waals surface area contributed by atoms with Crippen LogP contribution in [0.1, 0.15) is 341 Å². The maximum absolute atomic E-state index is 12.9. The van der Waals surface area contributed by atoms with Crippen LogP contribution in [0.2, 0.25) is 0 Å². The molecule has 84 heavy (non-hydrogen) atoms. The number of esters is 2. The Kier molecular flexibility index (Phi) is 63.6. The first kappa shape index (κ1) is 81.0. The van der Waals surface area contributed by atoms with Crippen LogP contribution in [0.15, 0.2) is 60.8 Å². The third-order valence-electron chi connectivity index (χ3n) is 16.0. The van der Waals surface area contributed by atoms with Crippen molar-refractivity contribution in [2.24, 2.45) is 0 Å². The molecule has 0 spiro atoms. The second kappa shape index (κ2) is 66.0. The Balaban J connectivity index is 3.95. The molecule has 490 valence electrons. The maximum atomic E-state index is 12.9. The van der Waals surface area contributed by atoms with Crippen LogP contribution in [0.5, 0.6) is 0 Å². The van der Waals surface area contributed by atoms with Crippen molar-refractivity contribution in [2.75, 3.05) is 47.5 Å². The highest BCUT2D eigenvalue weighted by Gasteiger charge is 2.22. The Labute approximate surface area is 520 Å². The molecule has 0 aromatic carbocycles. The highest BCUT2D eigenvalue weighted by Crippen LogP contribution is 2.19. The minimum absolute atomic E-state index is 0.140. The Morgan fingerprint density at radius 2 is 0.679 bits per heavy atom. The summed E-state index contributed by atoms with van der Waals surface area (Å²) >= 11 is 0. The first-order valence-corrected chi connectivity index (χ1v) is 35.9. The summed E-state index contributed by atoms with van der Waals surface area (Å²) in [5.74, 6) is -2.32. The molecule has 2 unspecified atom stereocenters. The minimum atomic E-state index is -1.63. The van der Waals surface area contributed by atoms with Crippen molar-refractivity contribution in [1.29, 1.82) is 0 Å². The summed E-state index contributed by atoms with van der Waals surface area (Å²) in [7, 11) is 5.92. The van der Waals surface area contributed by atoms with Crippen molar-refractivity contribution in [3.8, 4) is 0 Å². The van der Waals surface area contributed by atoms with Gasteiger partial charge in [-0.3, -0.25) is 9.59 Å². The number of carboxylic acids is 1. The lowest BCUT2D eigenvalue weighted by molar-refractivity contribution is -0.870. The molecule has 0 amide bonds. The highest BCUT2D eigenvalue weighted by molar-refractivity contribution is 5.70. The molecule has 0 heterocycles. The number of allylic oxidation sites excluding steroid dienone is 10. The van der Waals surface area contributed by atoms with Crippen molar-refractivity contribution >= 4 is 17.9 Å². The van der Waals surface area contributed by atoms with Gasteiger partial charge in [0.25, 0.3) is 0 Å². The summed E-state index contributed by atoms with van der Waals surface area (Å²) in [6, 6.07) is 0. The molecule has 0 N–H and O–H groups in total. The molecular weight excluding hydrogens is 1040 g/mol. The van der Waals surface area contributed by atoms with Crippen LogP contribution in [0.4, 0.5) is 0 Å². The van der Waals surface area contributed by atoms with Crippen molar-refractivity contribution in [1.82, 2.24) is 0 Å². The smallest absolute Gasteiger partial charge is 0.306 e. The monoisotopic (exact) mass is 1180 g/mol. The SMILES string of the molecule is CC/C=C\C/C=C\C/C=C\C/C=C\C/C=C\CCCCCC(=O)OC(COC(=O)CCCCCCCCCCCCCCCCCCCCCCCCCCCCCCCCCCCCCCCCCC)COC(OCC[N+](C)(C)C)C(=O)[O-]. The van der Waals surface area contributed by atoms with Gasteiger partial charge in [-0.1, -0.05) is 331 Å². The largest absolute Gasteiger partial charge is 0.545 e. The number of nitrogens with zero attached hydrogens (tertiary/aromatic N) is 1. The zero-order valence-corrected chi connectivity index (χ0v) is 56.0. The number of likely N-dealkylation sites (N-methyl/N-ethyl adjacent to an activating group) is 1. The minimum Gasteiger partial charge on any atom is -0.545 e. The summed E-state index contributed by atoms with van der Waals surface area (Å²) in [6.45, 7) is 4.64. The van der Waals surface area contributed by atoms with E-state index in [-0.39, 0.29) is 38.6 Å². The van der Waals surface area contributed by atoms with Gasteiger partial charge in [-0.25, -0.2) is 0 Å². The molecule has 0 aliphatic heterocycles. The lowest BCUT2D eigenvalue weighted by atomic mass is 10.0. The van der Waals surface area contributed by atoms with Crippen LogP contribution in [0.3, 0.4) is 0 Å². The average Bonchev–Trinajstić information content (AvgIpc) is 3.55. The van der Waals surface area contributed by atoms with Gasteiger partial charge in [0.15, 0.2) is 12.4 Å². The molecular formula is C75H137NO8. The van der Waals surface area contributed by atoms with E-state index in [9.17, 15) is 19.5 Å². The summed E-state index contributed by atoms with van der Waals surface area (Å²) in [4.78, 5) is 37.4. The maximum Gasteiger partial charge on any atom is 0.306 e. The summed E-state index contributed by atoms with van der Waals surface area (Å²) in [5, 5.41) is 11.8. The van der Waals surface area contributed by atoms with Crippen molar-refractivity contribution in [2.45, 2.75) is 354 Å². The van der Waals surface area contributed by atoms with Gasteiger partial charge in [-0.2, -0.15) is 0 Å². The van der Waals surface area contributed by atoms with Crippen LogP contribution in [0.25, 0.3) is 0 Å². The van der Waals surface area contributed by atoms with Gasteiger partial charge in [0.2, 0.25) is 0 Å². The predicted octanol–water partition coefficient (Wildman–Crippen LogP) is 21.0. The number of hydrogen-bond acceptors (Lipinski definition) is 8. The molecule has 0 radical (unpaired) electrons. The molecule has 0 bridgehead atoms. The van der Waals surface area contributed by atoms with Crippen LogP contribution >= 0.6 is 0 Å². The number of aliphatic carboxylic acids is 1. The number of ether oxygens (including phenoxy) is 4. The van der Waals surface area contributed by atoms with E-state index in [1.807, 2.05) is 21.1 Å². The molecule has 0 saturated carbocycles. The fourth-order valence-electron chi connectivity index (χ4n) is 10.6. The van der Waals surface area contributed by atoms with Gasteiger partial charge in [0.05, 0.1) is 40.3 Å². The molecule has 2 atom stereocenters. The van der Waals surface area contributed by atoms with Gasteiger partial charge >= 0.3 is 11.9 Å². The van der Waals surface area contributed by atoms with E-state index in [1.165, 1.54) is 238 Å². The Hall–Kier alpha value is -3.01. The summed E-state index contributed by atoms with van der Waals surface area (Å²) in [6.07, 6.45) is 83.5. The van der Waals surface area contributed by atoms with E-state index in [0.717, 1.165) is 70.6 Å². The van der Waals surface area contributed by atoms with Gasteiger partial charge in [0.1, 0.15) is 13.2 Å². The zero-order chi connectivity index (χ0) is 61.2. The van der Waals surface area contributed by atoms with Gasteiger partial charge in [-0.05, 0) is 57.8 Å². The molecule has 0 aromatic rings. The van der Waals surface area contributed by atoms with E-state index in [2.05, 4.69) is 74.6 Å². The molecule has 0 rings (SSSR count).